The van der Waals surface area contributed by atoms with Gasteiger partial charge in [-0.15, -0.1) is 0 Å². The average molecular weight is 428 g/mol. The van der Waals surface area contributed by atoms with Crippen molar-refractivity contribution in [1.29, 1.82) is 0 Å². The van der Waals surface area contributed by atoms with Gasteiger partial charge in [-0.25, -0.2) is 8.42 Å². The van der Waals surface area contributed by atoms with Crippen LogP contribution in [-0.4, -0.2) is 20.6 Å². The third-order valence-corrected chi connectivity index (χ3v) is 4.26. The summed E-state index contributed by atoms with van der Waals surface area (Å²) in [5.74, 6) is -0.166. The monoisotopic (exact) mass is 428 g/mol. The second-order valence-electron chi connectivity index (χ2n) is 6.11. The van der Waals surface area contributed by atoms with Crippen LogP contribution in [0.2, 0.25) is 0 Å². The van der Waals surface area contributed by atoms with E-state index in [1.54, 1.807) is 0 Å². The minimum atomic E-state index is -4.46. The lowest BCUT2D eigenvalue weighted by molar-refractivity contribution is -0.137. The number of anilines is 1. The molecule has 0 aromatic heterocycles. The van der Waals surface area contributed by atoms with E-state index in [1.165, 1.54) is 30.3 Å². The molecule has 1 amide bonds. The van der Waals surface area contributed by atoms with Gasteiger partial charge in [0.25, 0.3) is 0 Å². The number of hydrogen-bond donors (Lipinski definition) is 2. The molecule has 2 aromatic carbocycles. The van der Waals surface area contributed by atoms with Crippen LogP contribution >= 0.6 is 0 Å². The van der Waals surface area contributed by atoms with Crippen LogP contribution in [0.15, 0.2) is 55.1 Å². The lowest BCUT2D eigenvalue weighted by atomic mass is 10.1. The summed E-state index contributed by atoms with van der Waals surface area (Å²) in [6.07, 6.45) is -2.40. The van der Waals surface area contributed by atoms with Gasteiger partial charge in [0.15, 0.2) is 0 Å². The maximum Gasteiger partial charge on any atom is 0.416 e. The van der Waals surface area contributed by atoms with Crippen LogP contribution in [0.25, 0.3) is 0 Å². The normalized spacial score (nSPS) is 11.6. The van der Waals surface area contributed by atoms with Crippen LogP contribution in [-0.2, 0) is 34.1 Å². The number of rotatable bonds is 8. The van der Waals surface area contributed by atoms with Crippen molar-refractivity contribution >= 4 is 21.6 Å². The summed E-state index contributed by atoms with van der Waals surface area (Å²) < 4.78 is 69.3. The number of alkyl halides is 3. The Labute approximate surface area is 166 Å². The quantitative estimate of drug-likeness (QED) is 0.631. The van der Waals surface area contributed by atoms with Crippen molar-refractivity contribution in [2.45, 2.75) is 19.3 Å². The van der Waals surface area contributed by atoms with Crippen molar-refractivity contribution in [3.05, 3.63) is 71.8 Å². The van der Waals surface area contributed by atoms with Crippen molar-refractivity contribution in [3.63, 3.8) is 0 Å². The Kier molecular flexibility index (Phi) is 6.91. The van der Waals surface area contributed by atoms with E-state index in [4.69, 9.17) is 4.74 Å². The average Bonchev–Trinajstić information content (AvgIpc) is 2.63. The van der Waals surface area contributed by atoms with E-state index >= 15 is 0 Å². The van der Waals surface area contributed by atoms with Gasteiger partial charge in [0.2, 0.25) is 15.9 Å². The first-order chi connectivity index (χ1) is 13.5. The van der Waals surface area contributed by atoms with Crippen molar-refractivity contribution in [3.8, 4) is 5.75 Å². The summed E-state index contributed by atoms with van der Waals surface area (Å²) in [4.78, 5) is 11.4. The highest BCUT2D eigenvalue weighted by atomic mass is 32.2. The zero-order valence-electron chi connectivity index (χ0n) is 15.4. The topological polar surface area (TPSA) is 84.5 Å². The lowest BCUT2D eigenvalue weighted by Gasteiger charge is -2.15. The fourth-order valence-corrected chi connectivity index (χ4v) is 2.94. The summed E-state index contributed by atoms with van der Waals surface area (Å²) >= 11 is 0. The molecule has 2 rings (SSSR count). The molecular formula is C19H19F3N2O4S. The van der Waals surface area contributed by atoms with Gasteiger partial charge in [-0.3, -0.25) is 9.52 Å². The summed E-state index contributed by atoms with van der Waals surface area (Å²) in [5.41, 5.74) is 0.201. The molecule has 0 saturated heterocycles. The standard InChI is InChI=1S/C19H19F3N2O4S/c1-3-18(25)23-11-14-10-16(24-29(2,26)27)7-8-17(14)28-12-13-5-4-6-15(9-13)19(20,21)22/h3-10,24H,1,11-12H2,2H3,(H,23,25). The molecule has 0 heterocycles. The molecule has 0 unspecified atom stereocenters. The summed E-state index contributed by atoms with van der Waals surface area (Å²) in [5, 5.41) is 2.54. The van der Waals surface area contributed by atoms with E-state index in [0.29, 0.717) is 11.1 Å². The number of halogens is 3. The van der Waals surface area contributed by atoms with Crippen molar-refractivity contribution in [2.75, 3.05) is 11.0 Å². The number of nitrogens with one attached hydrogen (secondary N) is 2. The van der Waals surface area contributed by atoms with Gasteiger partial charge in [0, 0.05) is 17.8 Å². The molecule has 0 fully saturated rings. The molecular weight excluding hydrogens is 409 g/mol. The number of ether oxygens (including phenoxy) is 1. The Bertz CT molecular complexity index is 1000. The first-order valence-electron chi connectivity index (χ1n) is 8.28. The molecule has 10 heteroatoms. The van der Waals surface area contributed by atoms with E-state index < -0.39 is 27.7 Å². The molecule has 6 nitrogen and oxygen atoms in total. The molecule has 29 heavy (non-hydrogen) atoms. The maximum absolute atomic E-state index is 12.8. The van der Waals surface area contributed by atoms with E-state index in [2.05, 4.69) is 16.6 Å². The number of amides is 1. The van der Waals surface area contributed by atoms with E-state index in [0.717, 1.165) is 24.5 Å². The summed E-state index contributed by atoms with van der Waals surface area (Å²) in [6.45, 7) is 3.19. The van der Waals surface area contributed by atoms with Gasteiger partial charge in [0.05, 0.1) is 11.8 Å². The minimum Gasteiger partial charge on any atom is -0.489 e. The Morgan fingerprint density at radius 3 is 2.55 bits per heavy atom. The predicted octanol–water partition coefficient (Wildman–Crippen LogP) is 3.46. The van der Waals surface area contributed by atoms with E-state index in [9.17, 15) is 26.4 Å². The molecule has 0 aliphatic heterocycles. The van der Waals surface area contributed by atoms with Crippen LogP contribution in [0.3, 0.4) is 0 Å². The maximum atomic E-state index is 12.8. The van der Waals surface area contributed by atoms with Crippen LogP contribution in [0.4, 0.5) is 18.9 Å². The van der Waals surface area contributed by atoms with Crippen LogP contribution in [0.5, 0.6) is 5.75 Å². The molecule has 0 atom stereocenters. The second kappa shape index (κ2) is 8.99. The number of sulfonamides is 1. The molecule has 0 radical (unpaired) electrons. The van der Waals surface area contributed by atoms with E-state index in [1.807, 2.05) is 0 Å². The molecule has 2 N–H and O–H groups in total. The smallest absolute Gasteiger partial charge is 0.416 e. The number of hydrogen-bond acceptors (Lipinski definition) is 4. The number of carbonyl (C=O) groups is 1. The van der Waals surface area contributed by atoms with Crippen molar-refractivity contribution < 1.29 is 31.1 Å². The highest BCUT2D eigenvalue weighted by Crippen LogP contribution is 2.30. The molecule has 156 valence electrons. The highest BCUT2D eigenvalue weighted by molar-refractivity contribution is 7.92. The third kappa shape index (κ3) is 7.15. The first kappa shape index (κ1) is 22.3. The van der Waals surface area contributed by atoms with Gasteiger partial charge in [-0.05, 0) is 42.0 Å². The zero-order valence-corrected chi connectivity index (χ0v) is 16.2. The van der Waals surface area contributed by atoms with Gasteiger partial charge in [-0.1, -0.05) is 18.7 Å². The van der Waals surface area contributed by atoms with Gasteiger partial charge < -0.3 is 10.1 Å². The fourth-order valence-electron chi connectivity index (χ4n) is 2.39. The Morgan fingerprint density at radius 1 is 1.21 bits per heavy atom. The summed E-state index contributed by atoms with van der Waals surface area (Å²) in [6, 6.07) is 9.10. The van der Waals surface area contributed by atoms with Crippen LogP contribution < -0.4 is 14.8 Å². The second-order valence-corrected chi connectivity index (χ2v) is 7.85. The number of benzene rings is 2. The molecule has 0 spiro atoms. The van der Waals surface area contributed by atoms with Crippen LogP contribution in [0.1, 0.15) is 16.7 Å². The molecule has 0 aliphatic rings. The SMILES string of the molecule is C=CC(=O)NCc1cc(NS(C)(=O)=O)ccc1OCc1cccc(C(F)(F)F)c1. The zero-order chi connectivity index (χ0) is 21.7. The molecule has 0 bridgehead atoms. The molecule has 2 aromatic rings. The fraction of sp³-hybridized carbons (Fsp3) is 0.211. The highest BCUT2D eigenvalue weighted by Gasteiger charge is 2.30. The Balaban J connectivity index is 2.23. The lowest BCUT2D eigenvalue weighted by Crippen LogP contribution is -2.20. The largest absolute Gasteiger partial charge is 0.489 e. The third-order valence-electron chi connectivity index (χ3n) is 3.65. The van der Waals surface area contributed by atoms with E-state index in [-0.39, 0.29) is 24.6 Å². The van der Waals surface area contributed by atoms with Gasteiger partial charge in [0.1, 0.15) is 12.4 Å². The Morgan fingerprint density at radius 2 is 1.93 bits per heavy atom. The minimum absolute atomic E-state index is 0.00204. The predicted molar refractivity (Wildman–Crippen MR) is 103 cm³/mol. The van der Waals surface area contributed by atoms with Gasteiger partial charge in [-0.2, -0.15) is 13.2 Å². The Hall–Kier alpha value is -3.01. The molecule has 0 saturated carbocycles. The summed E-state index contributed by atoms with van der Waals surface area (Å²) in [7, 11) is -3.52. The number of carbonyl (C=O) groups excluding carboxylic acids is 1. The van der Waals surface area contributed by atoms with Crippen LogP contribution in [0, 0.1) is 0 Å². The van der Waals surface area contributed by atoms with Crippen molar-refractivity contribution in [1.82, 2.24) is 5.32 Å². The van der Waals surface area contributed by atoms with Crippen molar-refractivity contribution in [2.24, 2.45) is 0 Å². The molecule has 0 aliphatic carbocycles. The van der Waals surface area contributed by atoms with Gasteiger partial charge >= 0.3 is 6.18 Å². The first-order valence-corrected chi connectivity index (χ1v) is 10.2.